The number of benzene rings is 4. The number of aliphatic hydroxyl groups is 1. The molecule has 72 heavy (non-hydrogen) atoms. The van der Waals surface area contributed by atoms with Crippen LogP contribution < -0.4 is 29.9 Å². The highest BCUT2D eigenvalue weighted by molar-refractivity contribution is 7.81. The standard InChI is InChI=1S/C53H56F3N7O7S2/c1-32-44(72-31-59-32)34-12-10-33(11-13-34)29-58-47(66)43-27-39(64)30-61(43)48(67)45(51(2,3)4)60-46(65)35-15-20-40(21-16-35)69-24-8-7-9-25-70-41-22-18-37(19-23-41)63-50(71)62(49(68)52(63,5)6)38-17-14-36(28-57)42(26-38)53(54,55)56/h10-23,26,31,39,43,45,64H,7-9,24-25,27,29-30H2,1-6H3,(H,58,66)(H,60,65)/t39-,43+,45-/m1/s1. The summed E-state index contributed by atoms with van der Waals surface area (Å²) in [6.07, 6.45) is -3.39. The number of thiazole rings is 1. The average Bonchev–Trinajstić information content (AvgIpc) is 4.01. The van der Waals surface area contributed by atoms with Gasteiger partial charge in [0.1, 0.15) is 29.1 Å². The Kier molecular flexibility index (Phi) is 16.1. The van der Waals surface area contributed by atoms with Crippen LogP contribution in [-0.4, -0.2) is 87.2 Å². The van der Waals surface area contributed by atoms with Gasteiger partial charge in [0.05, 0.1) is 58.3 Å². The summed E-state index contributed by atoms with van der Waals surface area (Å²) in [5, 5.41) is 25.6. The number of aromatic nitrogens is 1. The number of nitriles is 1. The van der Waals surface area contributed by atoms with Crippen LogP contribution >= 0.6 is 23.6 Å². The van der Waals surface area contributed by atoms with Crippen LogP contribution in [0.25, 0.3) is 10.4 Å². The van der Waals surface area contributed by atoms with Crippen molar-refractivity contribution in [1.82, 2.24) is 20.5 Å². The van der Waals surface area contributed by atoms with Crippen molar-refractivity contribution in [2.45, 2.75) is 104 Å². The lowest BCUT2D eigenvalue weighted by Gasteiger charge is -2.35. The Morgan fingerprint density at radius 1 is 0.931 bits per heavy atom. The zero-order valence-electron chi connectivity index (χ0n) is 40.7. The molecule has 7 rings (SSSR count). The number of aliphatic hydroxyl groups excluding tert-OH is 1. The molecule has 0 bridgehead atoms. The molecule has 0 aliphatic carbocycles. The first-order chi connectivity index (χ1) is 34.1. The van der Waals surface area contributed by atoms with E-state index >= 15 is 0 Å². The molecule has 4 aromatic carbocycles. The molecule has 4 amide bonds. The second kappa shape index (κ2) is 21.9. The summed E-state index contributed by atoms with van der Waals surface area (Å²) in [6, 6.07) is 24.0. The molecule has 378 valence electrons. The van der Waals surface area contributed by atoms with Gasteiger partial charge < -0.3 is 35.0 Å². The van der Waals surface area contributed by atoms with Gasteiger partial charge in [-0.15, -0.1) is 11.3 Å². The van der Waals surface area contributed by atoms with E-state index in [1.807, 2.05) is 52.0 Å². The van der Waals surface area contributed by atoms with E-state index < -0.39 is 64.2 Å². The third-order valence-corrected chi connectivity index (χ3v) is 13.9. The molecule has 0 saturated carbocycles. The number of carbonyl (C=O) groups is 4. The van der Waals surface area contributed by atoms with E-state index in [0.717, 1.165) is 58.0 Å². The second-order valence-corrected chi connectivity index (χ2v) is 20.5. The van der Waals surface area contributed by atoms with E-state index in [1.165, 1.54) is 11.0 Å². The third-order valence-electron chi connectivity index (χ3n) is 12.6. The van der Waals surface area contributed by atoms with E-state index in [1.54, 1.807) is 90.2 Å². The van der Waals surface area contributed by atoms with Crippen molar-refractivity contribution in [1.29, 1.82) is 5.26 Å². The number of thiocarbonyl (C=S) groups is 1. The summed E-state index contributed by atoms with van der Waals surface area (Å²) < 4.78 is 53.1. The molecule has 3 heterocycles. The Balaban J connectivity index is 0.845. The number of anilines is 2. The van der Waals surface area contributed by atoms with Crippen molar-refractivity contribution in [2.24, 2.45) is 5.41 Å². The molecular formula is C53H56F3N7O7S2. The molecule has 2 fully saturated rings. The molecule has 0 spiro atoms. The van der Waals surface area contributed by atoms with Crippen molar-refractivity contribution in [3.05, 3.63) is 124 Å². The lowest BCUT2D eigenvalue weighted by atomic mass is 9.85. The molecular weight excluding hydrogens is 968 g/mol. The smallest absolute Gasteiger partial charge is 0.417 e. The summed E-state index contributed by atoms with van der Waals surface area (Å²) in [4.78, 5) is 64.1. The second-order valence-electron chi connectivity index (χ2n) is 19.3. The van der Waals surface area contributed by atoms with Crippen molar-refractivity contribution in [3.63, 3.8) is 0 Å². The highest BCUT2D eigenvalue weighted by Crippen LogP contribution is 2.40. The number of nitrogens with one attached hydrogen (secondary N) is 2. The van der Waals surface area contributed by atoms with Gasteiger partial charge >= 0.3 is 6.18 Å². The molecule has 2 aliphatic rings. The predicted octanol–water partition coefficient (Wildman–Crippen LogP) is 8.98. The number of ether oxygens (including phenoxy) is 2. The zero-order chi connectivity index (χ0) is 52.1. The van der Waals surface area contributed by atoms with E-state index in [0.29, 0.717) is 36.0 Å². The molecule has 0 unspecified atom stereocenters. The van der Waals surface area contributed by atoms with Crippen molar-refractivity contribution < 1.29 is 46.9 Å². The molecule has 14 nitrogen and oxygen atoms in total. The fourth-order valence-corrected chi connectivity index (χ4v) is 9.94. The Morgan fingerprint density at radius 3 is 2.11 bits per heavy atom. The number of hydrogen-bond acceptors (Lipinski definition) is 11. The number of alkyl halides is 3. The van der Waals surface area contributed by atoms with Gasteiger partial charge in [-0.05, 0) is 136 Å². The SMILES string of the molecule is Cc1ncsc1-c1ccc(CNC(=O)[C@@H]2C[C@@H](O)CN2C(=O)[C@@H](NC(=O)c2ccc(OCCCCCOc3ccc(N4C(=S)N(c5ccc(C#N)c(C(F)(F)F)c5)C(=O)C4(C)C)cc3)cc2)C(C)(C)C)cc1. The van der Waals surface area contributed by atoms with Gasteiger partial charge in [-0.2, -0.15) is 18.4 Å². The van der Waals surface area contributed by atoms with Gasteiger partial charge in [-0.25, -0.2) is 4.98 Å². The Hall–Kier alpha value is -6.88. The zero-order valence-corrected chi connectivity index (χ0v) is 42.3. The highest BCUT2D eigenvalue weighted by atomic mass is 32.1. The van der Waals surface area contributed by atoms with Gasteiger partial charge in [0.25, 0.3) is 11.8 Å². The number of aryl methyl sites for hydroxylation is 1. The Labute approximate surface area is 425 Å². The summed E-state index contributed by atoms with van der Waals surface area (Å²) in [5.41, 5.74) is 1.76. The normalized spacial score (nSPS) is 17.2. The van der Waals surface area contributed by atoms with Gasteiger partial charge in [-0.1, -0.05) is 45.0 Å². The average molecular weight is 1020 g/mol. The van der Waals surface area contributed by atoms with Crippen LogP contribution in [0.1, 0.15) is 93.0 Å². The first kappa shape index (κ1) is 52.9. The molecule has 3 atom stereocenters. The summed E-state index contributed by atoms with van der Waals surface area (Å²) >= 11 is 7.20. The molecule has 5 aromatic rings. The predicted molar refractivity (Wildman–Crippen MR) is 271 cm³/mol. The molecule has 0 radical (unpaired) electrons. The summed E-state index contributed by atoms with van der Waals surface area (Å²) in [7, 11) is 0. The maximum Gasteiger partial charge on any atom is 0.417 e. The fourth-order valence-electron chi connectivity index (χ4n) is 8.61. The van der Waals surface area contributed by atoms with Crippen molar-refractivity contribution in [3.8, 4) is 28.0 Å². The number of rotatable bonds is 17. The molecule has 2 saturated heterocycles. The first-order valence-electron chi connectivity index (χ1n) is 23.4. The van der Waals surface area contributed by atoms with Gasteiger partial charge in [-0.3, -0.25) is 24.1 Å². The van der Waals surface area contributed by atoms with Crippen LogP contribution in [0.4, 0.5) is 24.5 Å². The number of hydrogen-bond donors (Lipinski definition) is 3. The van der Waals surface area contributed by atoms with E-state index in [-0.39, 0.29) is 36.2 Å². The minimum Gasteiger partial charge on any atom is -0.494 e. The van der Waals surface area contributed by atoms with Gasteiger partial charge in [0.15, 0.2) is 5.11 Å². The molecule has 2 aliphatic heterocycles. The largest absolute Gasteiger partial charge is 0.494 e. The number of likely N-dealkylation sites (tertiary alicyclic amines) is 1. The maximum absolute atomic E-state index is 14.1. The number of amides is 4. The van der Waals surface area contributed by atoms with Gasteiger partial charge in [0.2, 0.25) is 11.8 Å². The first-order valence-corrected chi connectivity index (χ1v) is 24.7. The number of carbonyl (C=O) groups excluding carboxylic acids is 4. The number of nitrogens with zero attached hydrogens (tertiary/aromatic N) is 5. The molecule has 19 heteroatoms. The Morgan fingerprint density at radius 2 is 1.54 bits per heavy atom. The topological polar surface area (TPSA) is 177 Å². The minimum absolute atomic E-state index is 0.00536. The van der Waals surface area contributed by atoms with E-state index in [2.05, 4.69) is 15.6 Å². The number of β-amino-alcohol motifs (C(OH)–C–C–N with tert-alkyl or cyclic N) is 1. The van der Waals surface area contributed by atoms with Crippen molar-refractivity contribution in [2.75, 3.05) is 29.6 Å². The Bertz CT molecular complexity index is 2840. The summed E-state index contributed by atoms with van der Waals surface area (Å²) in [6.45, 7) is 11.7. The van der Waals surface area contributed by atoms with Crippen LogP contribution in [0.15, 0.2) is 96.5 Å². The van der Waals surface area contributed by atoms with Crippen LogP contribution in [0.5, 0.6) is 11.5 Å². The van der Waals surface area contributed by atoms with Crippen LogP contribution in [0, 0.1) is 23.7 Å². The lowest BCUT2D eigenvalue weighted by Crippen LogP contribution is -2.57. The maximum atomic E-state index is 14.1. The van der Waals surface area contributed by atoms with Gasteiger partial charge in [0, 0.05) is 30.8 Å². The number of unbranched alkanes of at least 4 members (excludes halogenated alkanes) is 2. The highest BCUT2D eigenvalue weighted by Gasteiger charge is 2.51. The van der Waals surface area contributed by atoms with Crippen molar-refractivity contribution >= 4 is 63.7 Å². The molecule has 3 N–H and O–H groups in total. The van der Waals surface area contributed by atoms with Crippen LogP contribution in [-0.2, 0) is 27.1 Å². The monoisotopic (exact) mass is 1020 g/mol. The summed E-state index contributed by atoms with van der Waals surface area (Å²) in [5.74, 6) is -0.712. The quantitative estimate of drug-likeness (QED) is 0.0599. The van der Waals surface area contributed by atoms with Crippen LogP contribution in [0.3, 0.4) is 0 Å². The third kappa shape index (κ3) is 11.9. The number of halogens is 3. The van der Waals surface area contributed by atoms with E-state index in [4.69, 9.17) is 21.7 Å². The molecule has 1 aromatic heterocycles. The fraction of sp³-hybridized carbons (Fsp3) is 0.377. The van der Waals surface area contributed by atoms with E-state index in [9.17, 15) is 42.7 Å². The minimum atomic E-state index is -4.80. The van der Waals surface area contributed by atoms with Crippen LogP contribution in [0.2, 0.25) is 0 Å². The lowest BCUT2D eigenvalue weighted by molar-refractivity contribution is -0.142.